The molecular weight excluding hydrogens is 360 g/mol. The molecule has 166 valence electrons. The molecule has 2 aliphatic rings. The minimum atomic E-state index is -0.876. The van der Waals surface area contributed by atoms with Crippen LogP contribution in [0.4, 0.5) is 0 Å². The maximum absolute atomic E-state index is 9.93. The summed E-state index contributed by atoms with van der Waals surface area (Å²) >= 11 is 0. The van der Waals surface area contributed by atoms with Crippen molar-refractivity contribution in [1.82, 2.24) is 0 Å². The highest BCUT2D eigenvalue weighted by atomic mass is 16.8. The van der Waals surface area contributed by atoms with Crippen LogP contribution in [0.1, 0.15) is 91.9 Å². The first-order chi connectivity index (χ1) is 13.2. The summed E-state index contributed by atoms with van der Waals surface area (Å²) in [6, 6.07) is 0. The predicted molar refractivity (Wildman–Crippen MR) is 108 cm³/mol. The topological polar surface area (TPSA) is 77.4 Å². The van der Waals surface area contributed by atoms with Crippen LogP contribution in [-0.4, -0.2) is 59.4 Å². The zero-order chi connectivity index (χ0) is 20.6. The van der Waals surface area contributed by atoms with Crippen molar-refractivity contribution in [2.24, 2.45) is 0 Å². The highest BCUT2D eigenvalue weighted by Gasteiger charge is 2.44. The Morgan fingerprint density at radius 3 is 1.89 bits per heavy atom. The second-order valence-corrected chi connectivity index (χ2v) is 9.24. The van der Waals surface area contributed by atoms with Gasteiger partial charge in [-0.2, -0.15) is 0 Å². The van der Waals surface area contributed by atoms with Gasteiger partial charge < -0.3 is 29.2 Å². The van der Waals surface area contributed by atoms with E-state index >= 15 is 0 Å². The molecule has 2 saturated heterocycles. The van der Waals surface area contributed by atoms with Crippen molar-refractivity contribution in [3.63, 3.8) is 0 Å². The molecule has 0 aromatic rings. The van der Waals surface area contributed by atoms with E-state index in [1.807, 2.05) is 27.7 Å². The summed E-state index contributed by atoms with van der Waals surface area (Å²) in [6.45, 7) is 8.12. The highest BCUT2D eigenvalue weighted by molar-refractivity contribution is 4.86. The standard InChI is InChI=1S/C22H42O6/c1-21(2)25-16-17(26-21)13-11-9-7-5-6-8-10-12-14-19-20(18(24)15-23)28-22(3,4)27-19/h17-20,23-24H,5-16H2,1-4H3/t17-,18?,19-,20-/m1/s1. The first-order valence-corrected chi connectivity index (χ1v) is 11.2. The van der Waals surface area contributed by atoms with Crippen molar-refractivity contribution in [1.29, 1.82) is 0 Å². The summed E-state index contributed by atoms with van der Waals surface area (Å²) in [4.78, 5) is 0. The lowest BCUT2D eigenvalue weighted by atomic mass is 10.0. The van der Waals surface area contributed by atoms with Gasteiger partial charge in [0.2, 0.25) is 0 Å². The molecule has 2 N–H and O–H groups in total. The van der Waals surface area contributed by atoms with E-state index in [9.17, 15) is 10.2 Å². The average molecular weight is 403 g/mol. The van der Waals surface area contributed by atoms with Gasteiger partial charge in [-0.25, -0.2) is 0 Å². The molecule has 0 radical (unpaired) electrons. The van der Waals surface area contributed by atoms with Gasteiger partial charge in [-0.05, 0) is 40.5 Å². The quantitative estimate of drug-likeness (QED) is 0.455. The maximum atomic E-state index is 9.93. The Labute approximate surface area is 170 Å². The molecule has 0 bridgehead atoms. The van der Waals surface area contributed by atoms with Crippen LogP contribution >= 0.6 is 0 Å². The fourth-order valence-electron chi connectivity index (χ4n) is 4.20. The van der Waals surface area contributed by atoms with Crippen molar-refractivity contribution >= 4 is 0 Å². The molecule has 0 amide bonds. The molecule has 6 heteroatoms. The first-order valence-electron chi connectivity index (χ1n) is 11.2. The Kier molecular flexibility index (Phi) is 9.64. The molecule has 28 heavy (non-hydrogen) atoms. The maximum Gasteiger partial charge on any atom is 0.163 e. The van der Waals surface area contributed by atoms with Crippen molar-refractivity contribution in [2.45, 2.75) is 128 Å². The largest absolute Gasteiger partial charge is 0.394 e. The fraction of sp³-hybridized carbons (Fsp3) is 1.00. The summed E-state index contributed by atoms with van der Waals surface area (Å²) < 4.78 is 23.1. The summed E-state index contributed by atoms with van der Waals surface area (Å²) in [6.07, 6.45) is 10.6. The molecule has 2 fully saturated rings. The van der Waals surface area contributed by atoms with Gasteiger partial charge in [0.1, 0.15) is 12.2 Å². The van der Waals surface area contributed by atoms with Gasteiger partial charge in [-0.3, -0.25) is 0 Å². The van der Waals surface area contributed by atoms with Crippen molar-refractivity contribution in [2.75, 3.05) is 13.2 Å². The Bertz CT molecular complexity index is 439. The fourth-order valence-corrected chi connectivity index (χ4v) is 4.20. The molecule has 1 unspecified atom stereocenters. The van der Waals surface area contributed by atoms with Gasteiger partial charge in [0.15, 0.2) is 11.6 Å². The zero-order valence-electron chi connectivity index (χ0n) is 18.3. The SMILES string of the molecule is CC1(C)OC[C@@H](CCCCCCCCCC[C@H]2OC(C)(C)O[C@@H]2C(O)CO)O1. The van der Waals surface area contributed by atoms with E-state index in [4.69, 9.17) is 18.9 Å². The first kappa shape index (κ1) is 24.0. The number of hydrogen-bond donors (Lipinski definition) is 2. The number of aliphatic hydroxyl groups is 2. The van der Waals surface area contributed by atoms with E-state index in [-0.39, 0.29) is 18.8 Å². The zero-order valence-corrected chi connectivity index (χ0v) is 18.3. The second-order valence-electron chi connectivity index (χ2n) is 9.24. The van der Waals surface area contributed by atoms with E-state index in [1.54, 1.807) is 0 Å². The van der Waals surface area contributed by atoms with E-state index in [1.165, 1.54) is 44.9 Å². The molecular formula is C22H42O6. The summed E-state index contributed by atoms with van der Waals surface area (Å²) in [5.41, 5.74) is 0. The molecule has 2 heterocycles. The monoisotopic (exact) mass is 402 g/mol. The molecule has 6 nitrogen and oxygen atoms in total. The van der Waals surface area contributed by atoms with Crippen molar-refractivity contribution < 1.29 is 29.2 Å². The number of unbranched alkanes of at least 4 members (excludes halogenated alkanes) is 7. The van der Waals surface area contributed by atoms with Crippen LogP contribution in [0, 0.1) is 0 Å². The average Bonchev–Trinajstić information content (AvgIpc) is 3.13. The molecule has 4 atom stereocenters. The Morgan fingerprint density at radius 1 is 0.786 bits per heavy atom. The van der Waals surface area contributed by atoms with Crippen LogP contribution in [0.25, 0.3) is 0 Å². The van der Waals surface area contributed by atoms with Gasteiger partial charge in [0.25, 0.3) is 0 Å². The van der Waals surface area contributed by atoms with Gasteiger partial charge in [0.05, 0.1) is 25.4 Å². The van der Waals surface area contributed by atoms with Gasteiger partial charge in [0, 0.05) is 0 Å². The third-order valence-electron chi connectivity index (χ3n) is 5.62. The number of aliphatic hydroxyl groups excluding tert-OH is 2. The summed E-state index contributed by atoms with van der Waals surface area (Å²) in [5.74, 6) is -1.08. The van der Waals surface area contributed by atoms with Crippen LogP contribution in [-0.2, 0) is 18.9 Å². The molecule has 2 aliphatic heterocycles. The lowest BCUT2D eigenvalue weighted by Gasteiger charge is -2.20. The van der Waals surface area contributed by atoms with Gasteiger partial charge in [-0.1, -0.05) is 51.4 Å². The van der Waals surface area contributed by atoms with Gasteiger partial charge >= 0.3 is 0 Å². The van der Waals surface area contributed by atoms with Crippen LogP contribution in [0.3, 0.4) is 0 Å². The molecule has 0 aromatic heterocycles. The normalized spacial score (nSPS) is 30.0. The van der Waals surface area contributed by atoms with Gasteiger partial charge in [-0.15, -0.1) is 0 Å². The second kappa shape index (κ2) is 11.2. The third-order valence-corrected chi connectivity index (χ3v) is 5.62. The van der Waals surface area contributed by atoms with Crippen LogP contribution in [0.5, 0.6) is 0 Å². The Hall–Kier alpha value is -0.240. The minimum absolute atomic E-state index is 0.135. The molecule has 0 saturated carbocycles. The van der Waals surface area contributed by atoms with E-state index in [2.05, 4.69) is 0 Å². The summed E-state index contributed by atoms with van der Waals surface area (Å²) in [7, 11) is 0. The predicted octanol–water partition coefficient (Wildman–Crippen LogP) is 3.91. The van der Waals surface area contributed by atoms with Crippen LogP contribution in [0.2, 0.25) is 0 Å². The molecule has 0 aliphatic carbocycles. The Balaban J connectivity index is 1.44. The van der Waals surface area contributed by atoms with E-state index in [0.29, 0.717) is 0 Å². The van der Waals surface area contributed by atoms with E-state index < -0.39 is 23.8 Å². The van der Waals surface area contributed by atoms with Crippen LogP contribution < -0.4 is 0 Å². The number of ether oxygens (including phenoxy) is 4. The summed E-state index contributed by atoms with van der Waals surface area (Å²) in [5, 5.41) is 19.1. The minimum Gasteiger partial charge on any atom is -0.394 e. The highest BCUT2D eigenvalue weighted by Crippen LogP contribution is 2.32. The number of rotatable bonds is 13. The molecule has 0 spiro atoms. The molecule has 2 rings (SSSR count). The van der Waals surface area contributed by atoms with E-state index in [0.717, 1.165) is 25.9 Å². The van der Waals surface area contributed by atoms with Crippen LogP contribution in [0.15, 0.2) is 0 Å². The third kappa shape index (κ3) is 8.25. The smallest absolute Gasteiger partial charge is 0.163 e. The lowest BCUT2D eigenvalue weighted by molar-refractivity contribution is -0.157. The number of hydrogen-bond acceptors (Lipinski definition) is 6. The van der Waals surface area contributed by atoms with Crippen molar-refractivity contribution in [3.05, 3.63) is 0 Å². The Morgan fingerprint density at radius 2 is 1.36 bits per heavy atom. The lowest BCUT2D eigenvalue weighted by Crippen LogP contribution is -2.37. The molecule has 0 aromatic carbocycles. The van der Waals surface area contributed by atoms with Crippen molar-refractivity contribution in [3.8, 4) is 0 Å².